The van der Waals surface area contributed by atoms with Gasteiger partial charge < -0.3 is 10.1 Å². The normalized spacial score (nSPS) is 33.6. The molecule has 1 N–H and O–H groups in total. The number of hydrogen-bond donors (Lipinski definition) is 1. The summed E-state index contributed by atoms with van der Waals surface area (Å²) < 4.78 is 5.55. The quantitative estimate of drug-likeness (QED) is 0.789. The number of ether oxygens (including phenoxy) is 1. The molecule has 3 nitrogen and oxygen atoms in total. The summed E-state index contributed by atoms with van der Waals surface area (Å²) in [6.07, 6.45) is 6.61. The molecule has 0 aromatic carbocycles. The van der Waals surface area contributed by atoms with Crippen molar-refractivity contribution in [1.29, 1.82) is 0 Å². The van der Waals surface area contributed by atoms with Gasteiger partial charge in [-0.25, -0.2) is 0 Å². The molecule has 0 aliphatic carbocycles. The Bertz CT molecular complexity index is 188. The lowest BCUT2D eigenvalue weighted by Crippen LogP contribution is -2.44. The fourth-order valence-electron chi connectivity index (χ4n) is 3.14. The number of piperidine rings is 1. The van der Waals surface area contributed by atoms with E-state index in [1.165, 1.54) is 51.7 Å². The molecule has 2 fully saturated rings. The molecule has 0 saturated carbocycles. The second-order valence-corrected chi connectivity index (χ2v) is 5.26. The minimum atomic E-state index is 0.794. The molecule has 16 heavy (non-hydrogen) atoms. The topological polar surface area (TPSA) is 24.5 Å². The average Bonchev–Trinajstić information content (AvgIpc) is 2.58. The van der Waals surface area contributed by atoms with Crippen molar-refractivity contribution in [2.24, 2.45) is 5.92 Å². The lowest BCUT2D eigenvalue weighted by Gasteiger charge is -2.38. The zero-order valence-electron chi connectivity index (χ0n) is 10.6. The monoisotopic (exact) mass is 226 g/mol. The smallest absolute Gasteiger partial charge is 0.0480 e. The molecule has 0 aromatic heterocycles. The van der Waals surface area contributed by atoms with E-state index in [9.17, 15) is 0 Å². The fourth-order valence-corrected chi connectivity index (χ4v) is 3.14. The highest BCUT2D eigenvalue weighted by Gasteiger charge is 2.25. The molecule has 2 aliphatic rings. The van der Waals surface area contributed by atoms with E-state index >= 15 is 0 Å². The van der Waals surface area contributed by atoms with E-state index in [0.717, 1.165) is 25.2 Å². The summed E-state index contributed by atoms with van der Waals surface area (Å²) in [7, 11) is 2.07. The second-order valence-electron chi connectivity index (χ2n) is 5.26. The molecule has 0 spiro atoms. The lowest BCUT2D eigenvalue weighted by atomic mass is 9.95. The highest BCUT2D eigenvalue weighted by atomic mass is 16.5. The Morgan fingerprint density at radius 2 is 2.12 bits per heavy atom. The predicted octanol–water partition coefficient (Wildman–Crippen LogP) is 1.49. The van der Waals surface area contributed by atoms with Gasteiger partial charge in [-0.1, -0.05) is 0 Å². The van der Waals surface area contributed by atoms with Crippen molar-refractivity contribution in [3.8, 4) is 0 Å². The Morgan fingerprint density at radius 1 is 1.19 bits per heavy atom. The first-order chi connectivity index (χ1) is 7.90. The van der Waals surface area contributed by atoms with Crippen LogP contribution in [-0.2, 0) is 4.74 Å². The maximum absolute atomic E-state index is 5.55. The van der Waals surface area contributed by atoms with Crippen LogP contribution in [0.2, 0.25) is 0 Å². The van der Waals surface area contributed by atoms with Crippen LogP contribution in [0.5, 0.6) is 0 Å². The van der Waals surface area contributed by atoms with Crippen molar-refractivity contribution in [3.05, 3.63) is 0 Å². The maximum Gasteiger partial charge on any atom is 0.0480 e. The first-order valence-electron chi connectivity index (χ1n) is 6.86. The van der Waals surface area contributed by atoms with Gasteiger partial charge in [-0.05, 0) is 58.2 Å². The van der Waals surface area contributed by atoms with Crippen LogP contribution in [0.1, 0.15) is 32.1 Å². The molecule has 2 saturated heterocycles. The van der Waals surface area contributed by atoms with Gasteiger partial charge in [0.25, 0.3) is 0 Å². The molecule has 94 valence electrons. The van der Waals surface area contributed by atoms with E-state index in [1.54, 1.807) is 0 Å². The molecule has 2 aliphatic heterocycles. The van der Waals surface area contributed by atoms with Gasteiger partial charge in [0.2, 0.25) is 0 Å². The summed E-state index contributed by atoms with van der Waals surface area (Å²) in [4.78, 5) is 2.72. The third-order valence-electron chi connectivity index (χ3n) is 3.98. The molecule has 0 radical (unpaired) electrons. The van der Waals surface area contributed by atoms with E-state index in [-0.39, 0.29) is 0 Å². The van der Waals surface area contributed by atoms with E-state index < -0.39 is 0 Å². The fraction of sp³-hybridized carbons (Fsp3) is 1.00. The summed E-state index contributed by atoms with van der Waals surface area (Å²) in [5.41, 5.74) is 0. The second kappa shape index (κ2) is 6.58. The van der Waals surface area contributed by atoms with Crippen LogP contribution in [0.25, 0.3) is 0 Å². The SMILES string of the molecule is CNCC1CCCN(C2CCCOCC2)C1. The summed E-state index contributed by atoms with van der Waals surface area (Å²) in [5, 5.41) is 3.32. The third-order valence-corrected chi connectivity index (χ3v) is 3.98. The van der Waals surface area contributed by atoms with Gasteiger partial charge in [0.1, 0.15) is 0 Å². The average molecular weight is 226 g/mol. The summed E-state index contributed by atoms with van der Waals surface area (Å²) in [5.74, 6) is 0.864. The van der Waals surface area contributed by atoms with Gasteiger partial charge in [-0.3, -0.25) is 4.90 Å². The van der Waals surface area contributed by atoms with E-state index in [2.05, 4.69) is 17.3 Å². The Balaban J connectivity index is 1.82. The molecule has 3 heteroatoms. The summed E-state index contributed by atoms with van der Waals surface area (Å²) >= 11 is 0. The van der Waals surface area contributed by atoms with Gasteiger partial charge in [-0.15, -0.1) is 0 Å². The molecule has 2 rings (SSSR count). The molecule has 2 heterocycles. The molecule has 2 atom stereocenters. The number of rotatable bonds is 3. The number of hydrogen-bond acceptors (Lipinski definition) is 3. The molecular formula is C13H26N2O. The minimum Gasteiger partial charge on any atom is -0.381 e. The van der Waals surface area contributed by atoms with Crippen LogP contribution >= 0.6 is 0 Å². The number of nitrogens with zero attached hydrogens (tertiary/aromatic N) is 1. The Morgan fingerprint density at radius 3 is 3.00 bits per heavy atom. The van der Waals surface area contributed by atoms with Gasteiger partial charge in [0, 0.05) is 25.8 Å². The largest absolute Gasteiger partial charge is 0.381 e. The highest BCUT2D eigenvalue weighted by molar-refractivity contribution is 4.80. The third kappa shape index (κ3) is 3.44. The standard InChI is InChI=1S/C13H26N2O/c1-14-10-12-4-2-7-15(11-12)13-5-3-8-16-9-6-13/h12-14H,2-11H2,1H3. The zero-order valence-corrected chi connectivity index (χ0v) is 10.6. The Hall–Kier alpha value is -0.120. The Kier molecular flexibility index (Phi) is 5.07. The van der Waals surface area contributed by atoms with Crippen molar-refractivity contribution in [3.63, 3.8) is 0 Å². The molecule has 0 amide bonds. The highest BCUT2D eigenvalue weighted by Crippen LogP contribution is 2.22. The number of nitrogens with one attached hydrogen (secondary N) is 1. The van der Waals surface area contributed by atoms with Crippen LogP contribution in [0.4, 0.5) is 0 Å². The van der Waals surface area contributed by atoms with E-state index in [1.807, 2.05) is 0 Å². The predicted molar refractivity (Wildman–Crippen MR) is 66.7 cm³/mol. The Labute approximate surface area is 99.5 Å². The van der Waals surface area contributed by atoms with Crippen molar-refractivity contribution in [1.82, 2.24) is 10.2 Å². The van der Waals surface area contributed by atoms with Gasteiger partial charge >= 0.3 is 0 Å². The van der Waals surface area contributed by atoms with Crippen LogP contribution < -0.4 is 5.32 Å². The van der Waals surface area contributed by atoms with Crippen LogP contribution in [-0.4, -0.2) is 50.8 Å². The van der Waals surface area contributed by atoms with Crippen LogP contribution in [0.3, 0.4) is 0 Å². The summed E-state index contributed by atoms with van der Waals surface area (Å²) in [6, 6.07) is 0.794. The molecule has 0 bridgehead atoms. The van der Waals surface area contributed by atoms with Gasteiger partial charge in [0.05, 0.1) is 0 Å². The van der Waals surface area contributed by atoms with Crippen molar-refractivity contribution >= 4 is 0 Å². The first-order valence-corrected chi connectivity index (χ1v) is 6.86. The molecule has 0 aromatic rings. The van der Waals surface area contributed by atoms with Gasteiger partial charge in [-0.2, -0.15) is 0 Å². The van der Waals surface area contributed by atoms with Crippen LogP contribution in [0.15, 0.2) is 0 Å². The molecule has 2 unspecified atom stereocenters. The number of likely N-dealkylation sites (tertiary alicyclic amines) is 1. The summed E-state index contributed by atoms with van der Waals surface area (Å²) in [6.45, 7) is 5.73. The zero-order chi connectivity index (χ0) is 11.2. The van der Waals surface area contributed by atoms with E-state index in [4.69, 9.17) is 4.74 Å². The lowest BCUT2D eigenvalue weighted by molar-refractivity contribution is 0.0999. The van der Waals surface area contributed by atoms with Crippen LogP contribution in [0, 0.1) is 5.92 Å². The first kappa shape index (κ1) is 12.3. The van der Waals surface area contributed by atoms with E-state index in [0.29, 0.717) is 0 Å². The van der Waals surface area contributed by atoms with Crippen molar-refractivity contribution < 1.29 is 4.74 Å². The van der Waals surface area contributed by atoms with Crippen molar-refractivity contribution in [2.45, 2.75) is 38.1 Å². The molecular weight excluding hydrogens is 200 g/mol. The van der Waals surface area contributed by atoms with Gasteiger partial charge in [0.15, 0.2) is 0 Å². The maximum atomic E-state index is 5.55. The minimum absolute atomic E-state index is 0.794. The van der Waals surface area contributed by atoms with Crippen molar-refractivity contribution in [2.75, 3.05) is 39.9 Å².